The monoisotopic (exact) mass is 437 g/mol. The number of nitrogens with one attached hydrogen (secondary N) is 1. The Hall–Kier alpha value is -3.24. The molecule has 1 N–H and O–H groups in total. The van der Waals surface area contributed by atoms with Gasteiger partial charge in [0.05, 0.1) is 17.7 Å². The molecule has 2 aromatic rings. The van der Waals surface area contributed by atoms with E-state index < -0.39 is 23.6 Å². The molecule has 1 atom stereocenters. The number of rotatable bonds is 7. The van der Waals surface area contributed by atoms with Gasteiger partial charge in [0.2, 0.25) is 0 Å². The first-order valence-corrected chi connectivity index (χ1v) is 9.22. The van der Waals surface area contributed by atoms with E-state index in [1.54, 1.807) is 0 Å². The van der Waals surface area contributed by atoms with Crippen LogP contribution in [0.1, 0.15) is 28.4 Å². The third-order valence-corrected chi connectivity index (χ3v) is 4.58. The minimum absolute atomic E-state index is 0.0546. The van der Waals surface area contributed by atoms with Crippen LogP contribution in [0.15, 0.2) is 47.4 Å². The Kier molecular flexibility index (Phi) is 7.30. The van der Waals surface area contributed by atoms with E-state index in [4.69, 9.17) is 10.00 Å². The fourth-order valence-electron chi connectivity index (χ4n) is 2.32. The van der Waals surface area contributed by atoms with Crippen LogP contribution in [0.3, 0.4) is 0 Å². The van der Waals surface area contributed by atoms with Crippen molar-refractivity contribution < 1.29 is 27.1 Å². The first kappa shape index (κ1) is 23.0. The molecular weight excluding hydrogens is 422 g/mol. The number of hydrogen-bond acceptors (Lipinski definition) is 5. The van der Waals surface area contributed by atoms with Crippen molar-refractivity contribution in [1.29, 1.82) is 10.5 Å². The molecule has 0 aliphatic heterocycles. The van der Waals surface area contributed by atoms with Gasteiger partial charge < -0.3 is 10.1 Å². The Morgan fingerprint density at radius 1 is 1.17 bits per heavy atom. The molecular formula is C20H15F4N3O2S. The number of hydrogen-bond donors (Lipinski definition) is 1. The Labute approximate surface area is 174 Å². The van der Waals surface area contributed by atoms with Crippen LogP contribution in [-0.2, 0) is 6.67 Å². The number of carbonyl (C=O) groups excluding carboxylic acids is 1. The zero-order chi connectivity index (χ0) is 22.4. The average molecular weight is 437 g/mol. The van der Waals surface area contributed by atoms with Gasteiger partial charge in [-0.25, -0.2) is 4.39 Å². The molecule has 0 aliphatic carbocycles. The first-order chi connectivity index (χ1) is 14.1. The maximum atomic E-state index is 13.1. The maximum Gasteiger partial charge on any atom is 0.446 e. The molecule has 0 saturated carbocycles. The van der Waals surface area contributed by atoms with Gasteiger partial charge in [0.25, 0.3) is 5.91 Å². The van der Waals surface area contributed by atoms with Crippen molar-refractivity contribution in [3.05, 3.63) is 59.2 Å². The largest absolute Gasteiger partial charge is 0.490 e. The zero-order valence-electron chi connectivity index (χ0n) is 15.6. The van der Waals surface area contributed by atoms with Crippen LogP contribution in [0.25, 0.3) is 0 Å². The lowest BCUT2D eigenvalue weighted by Gasteiger charge is -2.24. The first-order valence-electron chi connectivity index (χ1n) is 8.40. The van der Waals surface area contributed by atoms with Crippen LogP contribution in [-0.4, -0.2) is 23.6 Å². The highest BCUT2D eigenvalue weighted by atomic mass is 32.2. The van der Waals surface area contributed by atoms with E-state index in [-0.39, 0.29) is 45.7 Å². The molecule has 5 nitrogen and oxygen atoms in total. The molecule has 2 rings (SSSR count). The second kappa shape index (κ2) is 9.51. The Morgan fingerprint density at radius 2 is 1.83 bits per heavy atom. The van der Waals surface area contributed by atoms with Crippen LogP contribution in [0, 0.1) is 22.7 Å². The summed E-state index contributed by atoms with van der Waals surface area (Å²) in [5.41, 5.74) is -5.49. The SMILES string of the molecule is C[C@](C#N)(COc1cc(C#N)ccc1CF)NC(=O)c1ccc(SC(F)(F)F)cc1. The minimum Gasteiger partial charge on any atom is -0.490 e. The summed E-state index contributed by atoms with van der Waals surface area (Å²) in [5.74, 6) is -0.622. The third-order valence-electron chi connectivity index (χ3n) is 3.84. The number of ether oxygens (including phenoxy) is 1. The molecule has 2 aromatic carbocycles. The summed E-state index contributed by atoms with van der Waals surface area (Å²) >= 11 is -0.307. The van der Waals surface area contributed by atoms with Crippen molar-refractivity contribution in [2.75, 3.05) is 6.61 Å². The lowest BCUT2D eigenvalue weighted by Crippen LogP contribution is -2.49. The molecule has 156 valence electrons. The summed E-state index contributed by atoms with van der Waals surface area (Å²) in [4.78, 5) is 12.3. The molecule has 0 saturated heterocycles. The molecule has 0 radical (unpaired) electrons. The van der Waals surface area contributed by atoms with Gasteiger partial charge in [0.1, 0.15) is 19.0 Å². The highest BCUT2D eigenvalue weighted by Crippen LogP contribution is 2.36. The number of halogens is 4. The Balaban J connectivity index is 2.09. The molecule has 0 aliphatic rings. The van der Waals surface area contributed by atoms with E-state index >= 15 is 0 Å². The van der Waals surface area contributed by atoms with Crippen LogP contribution in [0.2, 0.25) is 0 Å². The lowest BCUT2D eigenvalue weighted by atomic mass is 10.0. The van der Waals surface area contributed by atoms with E-state index in [0.29, 0.717) is 0 Å². The molecule has 10 heteroatoms. The predicted octanol–water partition coefficient (Wildman–Crippen LogP) is 4.73. The summed E-state index contributed by atoms with van der Waals surface area (Å²) in [7, 11) is 0. The summed E-state index contributed by atoms with van der Waals surface area (Å²) in [6.45, 7) is 0.181. The van der Waals surface area contributed by atoms with Crippen LogP contribution >= 0.6 is 11.8 Å². The molecule has 0 bridgehead atoms. The standard InChI is InChI=1S/C20H15F4N3O2S/c1-19(11-26,12-29-17-8-13(10-25)2-3-15(17)9-21)27-18(28)14-4-6-16(7-5-14)30-20(22,23)24/h2-8H,9,12H2,1H3,(H,27,28)/t19-/m0/s1. The molecule has 0 aromatic heterocycles. The fourth-order valence-corrected chi connectivity index (χ4v) is 2.86. The van der Waals surface area contributed by atoms with Gasteiger partial charge in [-0.05, 0) is 55.1 Å². The predicted molar refractivity (Wildman–Crippen MR) is 101 cm³/mol. The van der Waals surface area contributed by atoms with Crippen LogP contribution < -0.4 is 10.1 Å². The second-order valence-electron chi connectivity index (χ2n) is 6.33. The zero-order valence-corrected chi connectivity index (χ0v) is 16.4. The van der Waals surface area contributed by atoms with Crippen molar-refractivity contribution in [2.24, 2.45) is 0 Å². The van der Waals surface area contributed by atoms with E-state index in [0.717, 1.165) is 12.1 Å². The molecule has 1 amide bonds. The smallest absolute Gasteiger partial charge is 0.446 e. The topological polar surface area (TPSA) is 85.9 Å². The van der Waals surface area contributed by atoms with Gasteiger partial charge in [-0.3, -0.25) is 4.79 Å². The molecule has 0 fully saturated rings. The molecule has 30 heavy (non-hydrogen) atoms. The highest BCUT2D eigenvalue weighted by Gasteiger charge is 2.30. The van der Waals surface area contributed by atoms with Crippen molar-refractivity contribution in [3.63, 3.8) is 0 Å². The van der Waals surface area contributed by atoms with Gasteiger partial charge in [0, 0.05) is 16.0 Å². The Bertz CT molecular complexity index is 997. The number of carbonyl (C=O) groups is 1. The summed E-state index contributed by atoms with van der Waals surface area (Å²) in [6.07, 6.45) is 0. The van der Waals surface area contributed by atoms with Crippen molar-refractivity contribution in [2.45, 2.75) is 29.5 Å². The summed E-state index contributed by atoms with van der Waals surface area (Å²) < 4.78 is 55.8. The van der Waals surface area contributed by atoms with Crippen LogP contribution in [0.5, 0.6) is 5.75 Å². The quantitative estimate of drug-likeness (QED) is 0.500. The molecule has 0 unspecified atom stereocenters. The van der Waals surface area contributed by atoms with Gasteiger partial charge in [-0.2, -0.15) is 23.7 Å². The van der Waals surface area contributed by atoms with E-state index in [2.05, 4.69) is 5.32 Å². The summed E-state index contributed by atoms with van der Waals surface area (Å²) in [5, 5.41) is 20.9. The van der Waals surface area contributed by atoms with E-state index in [9.17, 15) is 27.6 Å². The minimum atomic E-state index is -4.44. The van der Waals surface area contributed by atoms with Gasteiger partial charge in [-0.15, -0.1) is 0 Å². The maximum absolute atomic E-state index is 13.1. The third kappa shape index (κ3) is 6.39. The van der Waals surface area contributed by atoms with Crippen molar-refractivity contribution >= 4 is 17.7 Å². The normalized spacial score (nSPS) is 12.9. The number of alkyl halides is 4. The second-order valence-corrected chi connectivity index (χ2v) is 7.47. The Morgan fingerprint density at radius 3 is 2.37 bits per heavy atom. The van der Waals surface area contributed by atoms with E-state index in [1.165, 1.54) is 37.3 Å². The number of amides is 1. The lowest BCUT2D eigenvalue weighted by molar-refractivity contribution is -0.0328. The number of nitriles is 2. The van der Waals surface area contributed by atoms with Gasteiger partial charge in [-0.1, -0.05) is 6.07 Å². The molecule has 0 heterocycles. The van der Waals surface area contributed by atoms with Gasteiger partial charge >= 0.3 is 5.51 Å². The summed E-state index contributed by atoms with van der Waals surface area (Å²) in [6, 6.07) is 12.6. The number of nitrogens with zero attached hydrogens (tertiary/aromatic N) is 2. The number of thioether (sulfide) groups is 1. The van der Waals surface area contributed by atoms with Crippen molar-refractivity contribution in [1.82, 2.24) is 5.32 Å². The van der Waals surface area contributed by atoms with Gasteiger partial charge in [0.15, 0.2) is 5.54 Å². The van der Waals surface area contributed by atoms with E-state index in [1.807, 2.05) is 12.1 Å². The average Bonchev–Trinajstić information content (AvgIpc) is 2.71. The molecule has 0 spiro atoms. The fraction of sp³-hybridized carbons (Fsp3) is 0.250. The van der Waals surface area contributed by atoms with Crippen molar-refractivity contribution in [3.8, 4) is 17.9 Å². The number of benzene rings is 2. The van der Waals surface area contributed by atoms with Crippen LogP contribution in [0.4, 0.5) is 17.6 Å². The highest BCUT2D eigenvalue weighted by molar-refractivity contribution is 8.00.